The van der Waals surface area contributed by atoms with Gasteiger partial charge in [-0.05, 0) is 25.3 Å². The molecule has 1 aromatic rings. The molecule has 15 heavy (non-hydrogen) atoms. The first-order chi connectivity index (χ1) is 7.29. The maximum Gasteiger partial charge on any atom is 0.0558 e. The highest BCUT2D eigenvalue weighted by Crippen LogP contribution is 2.27. The monoisotopic (exact) mass is 205 g/mol. The van der Waals surface area contributed by atoms with E-state index in [-0.39, 0.29) is 6.61 Å². The lowest BCUT2D eigenvalue weighted by molar-refractivity contribution is 0.183. The average molecular weight is 205 g/mol. The molecule has 2 rings (SSSR count). The Balaban J connectivity index is 1.95. The van der Waals surface area contributed by atoms with E-state index in [1.165, 1.54) is 24.0 Å². The van der Waals surface area contributed by atoms with Crippen molar-refractivity contribution in [3.8, 4) is 0 Å². The van der Waals surface area contributed by atoms with Crippen LogP contribution in [-0.2, 0) is 6.54 Å². The lowest BCUT2D eigenvalue weighted by Crippen LogP contribution is -2.28. The van der Waals surface area contributed by atoms with Crippen molar-refractivity contribution in [1.82, 2.24) is 4.90 Å². The summed E-state index contributed by atoms with van der Waals surface area (Å²) in [5.41, 5.74) is 2.65. The van der Waals surface area contributed by atoms with Crippen LogP contribution in [0.25, 0.3) is 0 Å². The van der Waals surface area contributed by atoms with Crippen LogP contribution < -0.4 is 0 Å². The third-order valence-electron chi connectivity index (χ3n) is 2.96. The Hall–Kier alpha value is -0.860. The second-order valence-electron chi connectivity index (χ2n) is 4.41. The summed E-state index contributed by atoms with van der Waals surface area (Å²) in [4.78, 5) is 2.38. The van der Waals surface area contributed by atoms with Gasteiger partial charge in [-0.25, -0.2) is 0 Å². The molecule has 0 atom stereocenters. The van der Waals surface area contributed by atoms with Gasteiger partial charge in [-0.15, -0.1) is 0 Å². The fourth-order valence-electron chi connectivity index (χ4n) is 1.89. The predicted octanol–water partition coefficient (Wildman–Crippen LogP) is 1.95. The molecule has 0 amide bonds. The Kier molecular flexibility index (Phi) is 3.39. The van der Waals surface area contributed by atoms with Crippen molar-refractivity contribution in [2.24, 2.45) is 0 Å². The zero-order valence-electron chi connectivity index (χ0n) is 9.32. The highest BCUT2D eigenvalue weighted by atomic mass is 16.3. The summed E-state index contributed by atoms with van der Waals surface area (Å²) in [6, 6.07) is 9.39. The molecule has 1 saturated carbocycles. The van der Waals surface area contributed by atoms with Crippen molar-refractivity contribution in [2.75, 3.05) is 13.2 Å². The van der Waals surface area contributed by atoms with Crippen molar-refractivity contribution in [2.45, 2.75) is 32.4 Å². The Morgan fingerprint density at radius 2 is 1.93 bits per heavy atom. The van der Waals surface area contributed by atoms with E-state index in [0.717, 1.165) is 19.1 Å². The molecule has 1 aliphatic rings. The summed E-state index contributed by atoms with van der Waals surface area (Å²) in [5.74, 6) is 0. The largest absolute Gasteiger partial charge is 0.395 e. The third-order valence-corrected chi connectivity index (χ3v) is 2.96. The van der Waals surface area contributed by atoms with E-state index in [4.69, 9.17) is 5.11 Å². The van der Waals surface area contributed by atoms with Crippen molar-refractivity contribution in [3.05, 3.63) is 35.4 Å². The molecule has 82 valence electrons. The van der Waals surface area contributed by atoms with E-state index in [0.29, 0.717) is 0 Å². The summed E-state index contributed by atoms with van der Waals surface area (Å²) in [7, 11) is 0. The number of nitrogens with zero attached hydrogens (tertiary/aromatic N) is 1. The van der Waals surface area contributed by atoms with Crippen LogP contribution in [0.3, 0.4) is 0 Å². The van der Waals surface area contributed by atoms with Crippen LogP contribution in [0.2, 0.25) is 0 Å². The number of hydrogen-bond acceptors (Lipinski definition) is 2. The average Bonchev–Trinajstić information content (AvgIpc) is 3.04. The lowest BCUT2D eigenvalue weighted by atomic mass is 10.1. The Bertz CT molecular complexity index is 303. The molecule has 2 heteroatoms. The highest BCUT2D eigenvalue weighted by Gasteiger charge is 2.28. The number of aryl methyl sites for hydroxylation is 1. The zero-order valence-corrected chi connectivity index (χ0v) is 9.32. The molecule has 1 aromatic carbocycles. The van der Waals surface area contributed by atoms with Gasteiger partial charge in [0.15, 0.2) is 0 Å². The minimum atomic E-state index is 0.266. The second-order valence-corrected chi connectivity index (χ2v) is 4.41. The van der Waals surface area contributed by atoms with Gasteiger partial charge in [0.05, 0.1) is 6.61 Å². The molecule has 0 bridgehead atoms. The topological polar surface area (TPSA) is 23.5 Å². The normalized spacial score (nSPS) is 15.9. The second kappa shape index (κ2) is 4.77. The molecule has 1 N–H and O–H groups in total. The molecule has 0 aliphatic heterocycles. The van der Waals surface area contributed by atoms with Gasteiger partial charge in [0.2, 0.25) is 0 Å². The van der Waals surface area contributed by atoms with E-state index < -0.39 is 0 Å². The van der Waals surface area contributed by atoms with Crippen molar-refractivity contribution >= 4 is 0 Å². The molecule has 0 spiro atoms. The number of aliphatic hydroxyl groups is 1. The molecule has 0 radical (unpaired) electrons. The van der Waals surface area contributed by atoms with Gasteiger partial charge < -0.3 is 5.11 Å². The molecular weight excluding hydrogens is 186 g/mol. The minimum Gasteiger partial charge on any atom is -0.395 e. The Morgan fingerprint density at radius 3 is 2.47 bits per heavy atom. The number of benzene rings is 1. The zero-order chi connectivity index (χ0) is 10.7. The molecule has 2 nitrogen and oxygen atoms in total. The van der Waals surface area contributed by atoms with Gasteiger partial charge in [0, 0.05) is 19.1 Å². The highest BCUT2D eigenvalue weighted by molar-refractivity contribution is 5.21. The quantitative estimate of drug-likeness (QED) is 0.794. The van der Waals surface area contributed by atoms with Crippen molar-refractivity contribution in [3.63, 3.8) is 0 Å². The molecule has 0 aromatic heterocycles. The molecule has 0 saturated heterocycles. The fourth-order valence-corrected chi connectivity index (χ4v) is 1.89. The van der Waals surface area contributed by atoms with Crippen LogP contribution in [0.4, 0.5) is 0 Å². The maximum atomic E-state index is 8.99. The van der Waals surface area contributed by atoms with Gasteiger partial charge in [-0.3, -0.25) is 4.90 Å². The predicted molar refractivity (Wildman–Crippen MR) is 61.7 cm³/mol. The van der Waals surface area contributed by atoms with Crippen LogP contribution >= 0.6 is 0 Å². The van der Waals surface area contributed by atoms with Crippen LogP contribution in [-0.4, -0.2) is 29.2 Å². The molecular formula is C13H19NO. The van der Waals surface area contributed by atoms with E-state index in [1.54, 1.807) is 0 Å². The number of aliphatic hydroxyl groups excluding tert-OH is 1. The molecule has 0 unspecified atom stereocenters. The Morgan fingerprint density at radius 1 is 1.27 bits per heavy atom. The molecule has 1 fully saturated rings. The Labute approximate surface area is 91.5 Å². The van der Waals surface area contributed by atoms with Gasteiger partial charge in [-0.2, -0.15) is 0 Å². The minimum absolute atomic E-state index is 0.266. The van der Waals surface area contributed by atoms with E-state index >= 15 is 0 Å². The first kappa shape index (κ1) is 10.7. The number of hydrogen-bond donors (Lipinski definition) is 1. The molecule has 1 aliphatic carbocycles. The summed E-state index contributed by atoms with van der Waals surface area (Å²) >= 11 is 0. The summed E-state index contributed by atoms with van der Waals surface area (Å²) in [6.07, 6.45) is 2.59. The maximum absolute atomic E-state index is 8.99. The van der Waals surface area contributed by atoms with Crippen LogP contribution in [0, 0.1) is 6.92 Å². The summed E-state index contributed by atoms with van der Waals surface area (Å²) in [5, 5.41) is 8.99. The smallest absolute Gasteiger partial charge is 0.0558 e. The van der Waals surface area contributed by atoms with Crippen LogP contribution in [0.5, 0.6) is 0 Å². The lowest BCUT2D eigenvalue weighted by Gasteiger charge is -2.20. The van der Waals surface area contributed by atoms with Crippen molar-refractivity contribution in [1.29, 1.82) is 0 Å². The van der Waals surface area contributed by atoms with Gasteiger partial charge in [0.1, 0.15) is 0 Å². The van der Waals surface area contributed by atoms with E-state index in [9.17, 15) is 0 Å². The van der Waals surface area contributed by atoms with Gasteiger partial charge >= 0.3 is 0 Å². The third kappa shape index (κ3) is 3.05. The SMILES string of the molecule is Cc1ccc(CN(CCO)C2CC2)cc1. The summed E-state index contributed by atoms with van der Waals surface area (Å²) < 4.78 is 0. The molecule has 0 heterocycles. The van der Waals surface area contributed by atoms with Crippen LogP contribution in [0.15, 0.2) is 24.3 Å². The standard InChI is InChI=1S/C13H19NO/c1-11-2-4-12(5-3-11)10-14(8-9-15)13-6-7-13/h2-5,13,15H,6-10H2,1H3. The fraction of sp³-hybridized carbons (Fsp3) is 0.538. The first-order valence-electron chi connectivity index (χ1n) is 5.70. The van der Waals surface area contributed by atoms with Crippen molar-refractivity contribution < 1.29 is 5.11 Å². The van der Waals surface area contributed by atoms with Gasteiger partial charge in [-0.1, -0.05) is 29.8 Å². The van der Waals surface area contributed by atoms with E-state index in [1.807, 2.05) is 0 Å². The van der Waals surface area contributed by atoms with Crippen LogP contribution in [0.1, 0.15) is 24.0 Å². The first-order valence-corrected chi connectivity index (χ1v) is 5.70. The number of rotatable bonds is 5. The van der Waals surface area contributed by atoms with E-state index in [2.05, 4.69) is 36.1 Å². The van der Waals surface area contributed by atoms with Gasteiger partial charge in [0.25, 0.3) is 0 Å². The summed E-state index contributed by atoms with van der Waals surface area (Å²) in [6.45, 7) is 4.16.